The van der Waals surface area contributed by atoms with Crippen molar-refractivity contribution in [3.63, 3.8) is 0 Å². The van der Waals surface area contributed by atoms with Crippen LogP contribution in [0.3, 0.4) is 0 Å². The molecule has 3 rings (SSSR count). The standard InChI is InChI=1S/C23H30N2O8S2/c1-25(18-19-6-3-2-4-7-19)34(28,29)17-5-14-33-20-8-10-21(11-9-20)35(30,31)23(22(26)24-27)12-15-32-16-13-23/h2-4,6-11,27H,5,12-18H2,1H3,(H,24,26). The molecule has 12 heteroatoms. The van der Waals surface area contributed by atoms with Crippen LogP contribution < -0.4 is 10.2 Å². The molecule has 2 aromatic carbocycles. The molecule has 0 bridgehead atoms. The van der Waals surface area contributed by atoms with Gasteiger partial charge in [0.2, 0.25) is 10.0 Å². The molecule has 1 amide bonds. The van der Waals surface area contributed by atoms with Gasteiger partial charge in [0.05, 0.1) is 17.3 Å². The minimum atomic E-state index is -4.12. The monoisotopic (exact) mass is 526 g/mol. The predicted octanol–water partition coefficient (Wildman–Crippen LogP) is 1.75. The van der Waals surface area contributed by atoms with E-state index < -0.39 is 30.5 Å². The molecule has 1 heterocycles. The fourth-order valence-electron chi connectivity index (χ4n) is 3.89. The van der Waals surface area contributed by atoms with Gasteiger partial charge in [-0.1, -0.05) is 30.3 Å². The van der Waals surface area contributed by atoms with E-state index in [9.17, 15) is 21.6 Å². The van der Waals surface area contributed by atoms with Crippen LogP contribution in [0.1, 0.15) is 24.8 Å². The average molecular weight is 527 g/mol. The molecule has 10 nitrogen and oxygen atoms in total. The lowest BCUT2D eigenvalue weighted by molar-refractivity contribution is -0.134. The van der Waals surface area contributed by atoms with Crippen LogP contribution in [0.25, 0.3) is 0 Å². The van der Waals surface area contributed by atoms with Crippen LogP contribution in [0.15, 0.2) is 59.5 Å². The maximum atomic E-state index is 13.2. The average Bonchev–Trinajstić information content (AvgIpc) is 2.87. The maximum absolute atomic E-state index is 13.2. The zero-order valence-electron chi connectivity index (χ0n) is 19.4. The van der Waals surface area contributed by atoms with Crippen LogP contribution >= 0.6 is 0 Å². The number of hydroxylamine groups is 1. The van der Waals surface area contributed by atoms with Crippen molar-refractivity contribution >= 4 is 25.8 Å². The Balaban J connectivity index is 1.57. The number of carbonyl (C=O) groups is 1. The van der Waals surface area contributed by atoms with Gasteiger partial charge in [-0.05, 0) is 49.1 Å². The molecule has 0 aliphatic carbocycles. The number of ether oxygens (including phenoxy) is 2. The molecule has 1 aliphatic rings. The van der Waals surface area contributed by atoms with Gasteiger partial charge in [-0.2, -0.15) is 0 Å². The number of hydrogen-bond donors (Lipinski definition) is 2. The predicted molar refractivity (Wildman–Crippen MR) is 128 cm³/mol. The minimum absolute atomic E-state index is 0.0762. The molecule has 0 spiro atoms. The molecule has 1 saturated heterocycles. The Morgan fingerprint density at radius 3 is 2.29 bits per heavy atom. The highest BCUT2D eigenvalue weighted by Crippen LogP contribution is 2.35. The summed E-state index contributed by atoms with van der Waals surface area (Å²) in [4.78, 5) is 12.2. The number of nitrogens with one attached hydrogen (secondary N) is 1. The lowest BCUT2D eigenvalue weighted by Gasteiger charge is -2.34. The van der Waals surface area contributed by atoms with Crippen molar-refractivity contribution in [2.75, 3.05) is 32.6 Å². The summed E-state index contributed by atoms with van der Waals surface area (Å²) in [6.07, 6.45) is 0.0988. The summed E-state index contributed by atoms with van der Waals surface area (Å²) in [6.45, 7) is 0.565. The van der Waals surface area contributed by atoms with E-state index in [0.717, 1.165) is 5.56 Å². The first-order valence-corrected chi connectivity index (χ1v) is 14.2. The van der Waals surface area contributed by atoms with Crippen molar-refractivity contribution in [1.29, 1.82) is 0 Å². The molecule has 2 aromatic rings. The summed E-state index contributed by atoms with van der Waals surface area (Å²) in [5.41, 5.74) is 2.37. The largest absolute Gasteiger partial charge is 0.494 e. The van der Waals surface area contributed by atoms with Gasteiger partial charge in [0.1, 0.15) is 5.75 Å². The molecule has 0 aromatic heterocycles. The van der Waals surface area contributed by atoms with Crippen molar-refractivity contribution in [3.05, 3.63) is 60.2 Å². The first-order chi connectivity index (χ1) is 16.6. The number of benzene rings is 2. The van der Waals surface area contributed by atoms with Crippen molar-refractivity contribution < 1.29 is 36.3 Å². The number of rotatable bonds is 11. The van der Waals surface area contributed by atoms with Crippen molar-refractivity contribution in [3.8, 4) is 5.75 Å². The zero-order chi connectivity index (χ0) is 25.5. The Hall–Kier alpha value is -2.51. The Morgan fingerprint density at radius 1 is 1.06 bits per heavy atom. The highest BCUT2D eigenvalue weighted by molar-refractivity contribution is 7.93. The van der Waals surface area contributed by atoms with Gasteiger partial charge in [0.25, 0.3) is 5.91 Å². The summed E-state index contributed by atoms with van der Waals surface area (Å²) < 4.78 is 61.8. The number of sulfonamides is 1. The summed E-state index contributed by atoms with van der Waals surface area (Å²) in [6, 6.07) is 14.9. The quantitative estimate of drug-likeness (QED) is 0.256. The number of carbonyl (C=O) groups excluding carboxylic acids is 1. The summed E-state index contributed by atoms with van der Waals surface area (Å²) >= 11 is 0. The van der Waals surface area contributed by atoms with Crippen LogP contribution in [0, 0.1) is 0 Å². The summed E-state index contributed by atoms with van der Waals surface area (Å²) in [5, 5.41) is 9.12. The van der Waals surface area contributed by atoms with Gasteiger partial charge >= 0.3 is 0 Å². The number of nitrogens with zero attached hydrogens (tertiary/aromatic N) is 1. The fraction of sp³-hybridized carbons (Fsp3) is 0.435. The van der Waals surface area contributed by atoms with Gasteiger partial charge in [-0.3, -0.25) is 10.0 Å². The van der Waals surface area contributed by atoms with Crippen LogP contribution in [0.4, 0.5) is 0 Å². The van der Waals surface area contributed by atoms with Crippen molar-refractivity contribution in [2.24, 2.45) is 0 Å². The van der Waals surface area contributed by atoms with Gasteiger partial charge < -0.3 is 9.47 Å². The molecule has 0 radical (unpaired) electrons. The smallest absolute Gasteiger partial charge is 0.265 e. The zero-order valence-corrected chi connectivity index (χ0v) is 21.1. The van der Waals surface area contributed by atoms with E-state index in [1.807, 2.05) is 30.3 Å². The van der Waals surface area contributed by atoms with Gasteiger partial charge in [-0.25, -0.2) is 26.6 Å². The van der Waals surface area contributed by atoms with Gasteiger partial charge in [0, 0.05) is 26.8 Å². The molecule has 0 atom stereocenters. The lowest BCUT2D eigenvalue weighted by Crippen LogP contribution is -2.54. The Morgan fingerprint density at radius 2 is 1.69 bits per heavy atom. The molecule has 192 valence electrons. The van der Waals surface area contributed by atoms with Gasteiger partial charge in [-0.15, -0.1) is 0 Å². The van der Waals surface area contributed by atoms with E-state index in [1.54, 1.807) is 0 Å². The lowest BCUT2D eigenvalue weighted by atomic mass is 9.98. The Bertz CT molecular complexity index is 1190. The molecule has 35 heavy (non-hydrogen) atoms. The van der Waals surface area contributed by atoms with E-state index in [-0.39, 0.29) is 56.3 Å². The SMILES string of the molecule is CN(Cc1ccccc1)S(=O)(=O)CCCOc1ccc(S(=O)(=O)C2(C(=O)NO)CCOCC2)cc1. The molecule has 1 aliphatic heterocycles. The molecule has 1 fully saturated rings. The third kappa shape index (κ3) is 6.19. The van der Waals surface area contributed by atoms with E-state index in [2.05, 4.69) is 0 Å². The van der Waals surface area contributed by atoms with E-state index in [1.165, 1.54) is 41.1 Å². The first kappa shape index (κ1) is 27.1. The second-order valence-electron chi connectivity index (χ2n) is 8.28. The molecular weight excluding hydrogens is 496 g/mol. The molecule has 0 unspecified atom stereocenters. The Labute approximate surface area is 205 Å². The fourth-order valence-corrected chi connectivity index (χ4v) is 6.97. The summed E-state index contributed by atoms with van der Waals surface area (Å²) in [5.74, 6) is -0.713. The molecule has 2 N–H and O–H groups in total. The van der Waals surface area contributed by atoms with Crippen molar-refractivity contribution in [2.45, 2.75) is 35.4 Å². The highest BCUT2D eigenvalue weighted by Gasteiger charge is 2.52. The third-order valence-electron chi connectivity index (χ3n) is 6.00. The first-order valence-electron chi connectivity index (χ1n) is 11.1. The second-order valence-corrected chi connectivity index (χ2v) is 12.7. The van der Waals surface area contributed by atoms with E-state index in [4.69, 9.17) is 14.7 Å². The van der Waals surface area contributed by atoms with Crippen LogP contribution in [-0.2, 0) is 35.9 Å². The number of amides is 1. The van der Waals surface area contributed by atoms with Crippen LogP contribution in [-0.4, -0.2) is 69.6 Å². The molecule has 0 saturated carbocycles. The van der Waals surface area contributed by atoms with Gasteiger partial charge in [0.15, 0.2) is 14.6 Å². The third-order valence-corrected chi connectivity index (χ3v) is 10.4. The topological polar surface area (TPSA) is 139 Å². The minimum Gasteiger partial charge on any atom is -0.494 e. The van der Waals surface area contributed by atoms with Crippen molar-refractivity contribution in [1.82, 2.24) is 9.79 Å². The highest BCUT2D eigenvalue weighted by atomic mass is 32.2. The summed E-state index contributed by atoms with van der Waals surface area (Å²) in [7, 11) is -6.06. The number of sulfone groups is 1. The normalized spacial score (nSPS) is 16.1. The Kier molecular flexibility index (Phi) is 8.89. The maximum Gasteiger partial charge on any atom is 0.265 e. The van der Waals surface area contributed by atoms with Crippen LogP contribution in [0.2, 0.25) is 0 Å². The number of hydrogen-bond acceptors (Lipinski definition) is 8. The van der Waals surface area contributed by atoms with E-state index in [0.29, 0.717) is 5.75 Å². The second kappa shape index (κ2) is 11.5. The van der Waals surface area contributed by atoms with E-state index >= 15 is 0 Å². The molecular formula is C23H30N2O8S2. The van der Waals surface area contributed by atoms with Crippen LogP contribution in [0.5, 0.6) is 5.75 Å².